The van der Waals surface area contributed by atoms with Crippen molar-refractivity contribution in [3.63, 3.8) is 0 Å². The Balaban J connectivity index is 1.36. The Morgan fingerprint density at radius 2 is 1.94 bits per heavy atom. The van der Waals surface area contributed by atoms with Gasteiger partial charge in [-0.1, -0.05) is 36.4 Å². The summed E-state index contributed by atoms with van der Waals surface area (Å²) in [5.74, 6) is 0.676. The minimum atomic E-state index is -0.236. The summed E-state index contributed by atoms with van der Waals surface area (Å²) in [5, 5.41) is 0. The molecule has 1 aliphatic rings. The summed E-state index contributed by atoms with van der Waals surface area (Å²) in [7, 11) is 1.95. The number of nitrogens with zero attached hydrogens (tertiary/aromatic N) is 3. The molecule has 3 aromatic carbocycles. The summed E-state index contributed by atoms with van der Waals surface area (Å²) in [5.41, 5.74) is 4.54. The summed E-state index contributed by atoms with van der Waals surface area (Å²) in [6.07, 6.45) is 6.75. The molecule has 1 amide bonds. The number of nitrogens with one attached hydrogen (secondary N) is 1. The van der Waals surface area contributed by atoms with Gasteiger partial charge < -0.3 is 9.47 Å². The van der Waals surface area contributed by atoms with Gasteiger partial charge in [0.05, 0.1) is 6.54 Å². The quantitative estimate of drug-likeness (QED) is 0.286. The fraction of sp³-hybridized carbons (Fsp3) is 0.241. The third-order valence-electron chi connectivity index (χ3n) is 6.64. The highest BCUT2D eigenvalue weighted by molar-refractivity contribution is 7.97. The van der Waals surface area contributed by atoms with Crippen LogP contribution in [0.5, 0.6) is 0 Å². The molecule has 1 atom stereocenters. The molecule has 0 saturated carbocycles. The van der Waals surface area contributed by atoms with Crippen LogP contribution < -0.4 is 9.62 Å². The van der Waals surface area contributed by atoms with Crippen LogP contribution in [0.3, 0.4) is 0 Å². The number of carbonyl (C=O) groups excluding carboxylic acids is 1. The van der Waals surface area contributed by atoms with Gasteiger partial charge in [-0.05, 0) is 84.3 Å². The van der Waals surface area contributed by atoms with Crippen LogP contribution in [-0.2, 0) is 31.2 Å². The van der Waals surface area contributed by atoms with E-state index in [-0.39, 0.29) is 17.8 Å². The molecule has 0 spiro atoms. The lowest BCUT2D eigenvalue weighted by Crippen LogP contribution is -2.32. The highest BCUT2D eigenvalue weighted by Crippen LogP contribution is 2.36. The Hall–Kier alpha value is -3.42. The lowest BCUT2D eigenvalue weighted by Gasteiger charge is -2.24. The zero-order valence-electron chi connectivity index (χ0n) is 20.2. The molecular formula is C29H29FN4OS. The van der Waals surface area contributed by atoms with Crippen LogP contribution in [0.4, 0.5) is 10.1 Å². The van der Waals surface area contributed by atoms with Crippen molar-refractivity contribution in [2.24, 2.45) is 7.05 Å². The first-order valence-corrected chi connectivity index (χ1v) is 13.0. The number of halogens is 1. The number of fused-ring (bicyclic) bond motifs is 1. The molecule has 1 unspecified atom stereocenters. The van der Waals surface area contributed by atoms with Gasteiger partial charge in [-0.15, -0.1) is 0 Å². The number of hydrogen-bond donors (Lipinski definition) is 1. The highest BCUT2D eigenvalue weighted by Gasteiger charge is 2.25. The maximum atomic E-state index is 13.5. The molecule has 0 fully saturated rings. The number of anilines is 1. The summed E-state index contributed by atoms with van der Waals surface area (Å²) in [6, 6.07) is 23.1. The molecule has 7 heteroatoms. The third kappa shape index (κ3) is 5.69. The van der Waals surface area contributed by atoms with Gasteiger partial charge >= 0.3 is 0 Å². The average Bonchev–Trinajstić information content (AvgIpc) is 3.51. The van der Waals surface area contributed by atoms with Crippen molar-refractivity contribution < 1.29 is 9.18 Å². The number of hydrogen-bond acceptors (Lipinski definition) is 4. The first-order valence-electron chi connectivity index (χ1n) is 12.2. The highest BCUT2D eigenvalue weighted by atomic mass is 32.2. The van der Waals surface area contributed by atoms with E-state index in [1.54, 1.807) is 18.3 Å². The molecule has 0 radical (unpaired) electrons. The second-order valence-electron chi connectivity index (χ2n) is 9.07. The minimum Gasteiger partial charge on any atom is -0.337 e. The van der Waals surface area contributed by atoms with Crippen LogP contribution in [-0.4, -0.2) is 15.5 Å². The van der Waals surface area contributed by atoms with Crippen LogP contribution in [0.15, 0.2) is 90.1 Å². The van der Waals surface area contributed by atoms with Gasteiger partial charge in [0, 0.05) is 42.5 Å². The third-order valence-corrected chi connectivity index (χ3v) is 7.55. The molecule has 1 aromatic heterocycles. The van der Waals surface area contributed by atoms with Gasteiger partial charge in [0.15, 0.2) is 0 Å². The SMILES string of the molecule is Cn1ccnc1CN(C(=O)CCc1ccccc1)c1ccc2c(c1)C(NSc1ccc(F)cc1)CC2. The van der Waals surface area contributed by atoms with E-state index in [1.165, 1.54) is 35.2 Å². The van der Waals surface area contributed by atoms with E-state index in [4.69, 9.17) is 0 Å². The van der Waals surface area contributed by atoms with Gasteiger partial charge in [-0.3, -0.25) is 9.52 Å². The monoisotopic (exact) mass is 500 g/mol. The van der Waals surface area contributed by atoms with Crippen LogP contribution in [0, 0.1) is 5.82 Å². The number of aryl methyl sites for hydroxylation is 3. The molecule has 36 heavy (non-hydrogen) atoms. The Morgan fingerprint density at radius 3 is 2.69 bits per heavy atom. The first-order chi connectivity index (χ1) is 17.6. The zero-order chi connectivity index (χ0) is 24.9. The predicted octanol–water partition coefficient (Wildman–Crippen LogP) is 6.01. The lowest BCUT2D eigenvalue weighted by molar-refractivity contribution is -0.118. The second kappa shape index (κ2) is 11.1. The number of benzene rings is 3. The molecule has 0 aliphatic heterocycles. The number of carbonyl (C=O) groups is 1. The van der Waals surface area contributed by atoms with E-state index in [2.05, 4.69) is 40.0 Å². The zero-order valence-corrected chi connectivity index (χ0v) is 21.0. The van der Waals surface area contributed by atoms with Crippen LogP contribution in [0.1, 0.15) is 41.4 Å². The molecule has 1 N–H and O–H groups in total. The van der Waals surface area contributed by atoms with E-state index >= 15 is 0 Å². The van der Waals surface area contributed by atoms with E-state index in [0.29, 0.717) is 19.4 Å². The van der Waals surface area contributed by atoms with Gasteiger partial charge in [-0.2, -0.15) is 0 Å². The molecule has 5 rings (SSSR count). The summed E-state index contributed by atoms with van der Waals surface area (Å²) in [4.78, 5) is 20.8. The van der Waals surface area contributed by atoms with Crippen molar-refractivity contribution in [2.45, 2.75) is 43.2 Å². The summed E-state index contributed by atoms with van der Waals surface area (Å²) < 4.78 is 18.8. The number of aromatic nitrogens is 2. The fourth-order valence-electron chi connectivity index (χ4n) is 4.57. The number of imidazole rings is 1. The van der Waals surface area contributed by atoms with Crippen molar-refractivity contribution in [3.05, 3.63) is 114 Å². The molecule has 0 saturated heterocycles. The van der Waals surface area contributed by atoms with E-state index < -0.39 is 0 Å². The van der Waals surface area contributed by atoms with Crippen molar-refractivity contribution in [2.75, 3.05) is 4.90 Å². The standard InChI is InChI=1S/C29H29FN4OS/c1-33-18-17-31-28(33)20-34(29(35)16-7-21-5-3-2-4-6-21)24-12-8-22-9-15-27(26(22)19-24)32-36-25-13-10-23(30)11-14-25/h2-6,8,10-14,17-19,27,32H,7,9,15-16,20H2,1H3. The topological polar surface area (TPSA) is 50.2 Å². The maximum absolute atomic E-state index is 13.5. The van der Waals surface area contributed by atoms with E-state index in [0.717, 1.165) is 34.8 Å². The van der Waals surface area contributed by atoms with Crippen LogP contribution in [0.2, 0.25) is 0 Å². The second-order valence-corrected chi connectivity index (χ2v) is 9.98. The Labute approximate surface area is 215 Å². The Bertz CT molecular complexity index is 1320. The van der Waals surface area contributed by atoms with Crippen LogP contribution >= 0.6 is 11.9 Å². The molecule has 1 heterocycles. The molecule has 184 valence electrons. The fourth-order valence-corrected chi connectivity index (χ4v) is 5.36. The van der Waals surface area contributed by atoms with Crippen molar-refractivity contribution in [1.29, 1.82) is 0 Å². The molecule has 0 bridgehead atoms. The number of amides is 1. The molecular weight excluding hydrogens is 471 g/mol. The van der Waals surface area contributed by atoms with Gasteiger partial charge in [0.25, 0.3) is 0 Å². The van der Waals surface area contributed by atoms with Crippen molar-refractivity contribution in [1.82, 2.24) is 14.3 Å². The lowest BCUT2D eigenvalue weighted by atomic mass is 10.1. The largest absolute Gasteiger partial charge is 0.337 e. The Kier molecular flexibility index (Phi) is 7.49. The van der Waals surface area contributed by atoms with Crippen molar-refractivity contribution in [3.8, 4) is 0 Å². The Morgan fingerprint density at radius 1 is 1.14 bits per heavy atom. The smallest absolute Gasteiger partial charge is 0.227 e. The maximum Gasteiger partial charge on any atom is 0.227 e. The molecule has 1 aliphatic carbocycles. The normalized spacial score (nSPS) is 14.6. The van der Waals surface area contributed by atoms with Gasteiger partial charge in [-0.25, -0.2) is 9.37 Å². The van der Waals surface area contributed by atoms with Crippen molar-refractivity contribution >= 4 is 23.5 Å². The molecule has 4 aromatic rings. The predicted molar refractivity (Wildman–Crippen MR) is 142 cm³/mol. The van der Waals surface area contributed by atoms with Gasteiger partial charge in [0.2, 0.25) is 5.91 Å². The average molecular weight is 501 g/mol. The van der Waals surface area contributed by atoms with Gasteiger partial charge in [0.1, 0.15) is 11.6 Å². The van der Waals surface area contributed by atoms with E-state index in [9.17, 15) is 9.18 Å². The summed E-state index contributed by atoms with van der Waals surface area (Å²) >= 11 is 1.51. The number of rotatable bonds is 9. The van der Waals surface area contributed by atoms with Crippen LogP contribution in [0.25, 0.3) is 0 Å². The molecule has 5 nitrogen and oxygen atoms in total. The first kappa shape index (κ1) is 24.3. The minimum absolute atomic E-state index is 0.0741. The van der Waals surface area contributed by atoms with E-state index in [1.807, 2.05) is 40.9 Å². The summed E-state index contributed by atoms with van der Waals surface area (Å²) in [6.45, 7) is 0.415.